The predicted molar refractivity (Wildman–Crippen MR) is 83.2 cm³/mol. The second-order valence-electron chi connectivity index (χ2n) is 5.77. The molecule has 0 radical (unpaired) electrons. The van der Waals surface area contributed by atoms with E-state index in [-0.39, 0.29) is 0 Å². The van der Waals surface area contributed by atoms with Crippen molar-refractivity contribution in [2.45, 2.75) is 51.0 Å². The Morgan fingerprint density at radius 3 is 2.45 bits per heavy atom. The molecule has 1 aliphatic rings. The lowest BCUT2D eigenvalue weighted by Gasteiger charge is -2.22. The second kappa shape index (κ2) is 6.06. The van der Waals surface area contributed by atoms with Crippen LogP contribution in [0.5, 0.6) is 0 Å². The van der Waals surface area contributed by atoms with Crippen LogP contribution in [0.2, 0.25) is 0 Å². The zero-order valence-electron chi connectivity index (χ0n) is 11.9. The summed E-state index contributed by atoms with van der Waals surface area (Å²) in [5.41, 5.74) is 3.37. The molecule has 0 saturated heterocycles. The number of aryl methyl sites for hydroxylation is 1. The zero-order chi connectivity index (χ0) is 13.9. The molecule has 0 unspecified atom stereocenters. The van der Waals surface area contributed by atoms with Gasteiger partial charge in [0.15, 0.2) is 0 Å². The monoisotopic (exact) mass is 287 g/mol. The minimum Gasteiger partial charge on any atom is -0.383 e. The number of aromatic nitrogens is 1. The van der Waals surface area contributed by atoms with E-state index in [4.69, 9.17) is 0 Å². The molecule has 1 aromatic carbocycles. The van der Waals surface area contributed by atoms with Crippen molar-refractivity contribution < 1.29 is 5.11 Å². The van der Waals surface area contributed by atoms with Gasteiger partial charge in [0.05, 0.1) is 10.6 Å². The van der Waals surface area contributed by atoms with Crippen LogP contribution < -0.4 is 0 Å². The lowest BCUT2D eigenvalue weighted by molar-refractivity contribution is 0.224. The maximum Gasteiger partial charge on any atom is 0.115 e. The molecule has 0 bridgehead atoms. The van der Waals surface area contributed by atoms with Gasteiger partial charge in [0.2, 0.25) is 0 Å². The molecule has 2 nitrogen and oxygen atoms in total. The smallest absolute Gasteiger partial charge is 0.115 e. The van der Waals surface area contributed by atoms with Crippen LogP contribution in [0.3, 0.4) is 0 Å². The highest BCUT2D eigenvalue weighted by Gasteiger charge is 2.17. The van der Waals surface area contributed by atoms with E-state index in [0.717, 1.165) is 22.1 Å². The summed E-state index contributed by atoms with van der Waals surface area (Å²) in [6.07, 6.45) is 6.19. The third-order valence-electron chi connectivity index (χ3n) is 4.24. The van der Waals surface area contributed by atoms with Crippen molar-refractivity contribution in [2.24, 2.45) is 0 Å². The average molecular weight is 287 g/mol. The van der Waals surface area contributed by atoms with Crippen LogP contribution in [0.4, 0.5) is 0 Å². The minimum atomic E-state index is -0.540. The summed E-state index contributed by atoms with van der Waals surface area (Å²) in [4.78, 5) is 0.924. The Morgan fingerprint density at radius 1 is 1.15 bits per heavy atom. The number of benzene rings is 1. The summed E-state index contributed by atoms with van der Waals surface area (Å²) in [5, 5.41) is 10.4. The first-order valence-corrected chi connectivity index (χ1v) is 8.22. The lowest BCUT2D eigenvalue weighted by atomic mass is 9.84. The van der Waals surface area contributed by atoms with Crippen molar-refractivity contribution in [3.8, 4) is 0 Å². The highest BCUT2D eigenvalue weighted by Crippen LogP contribution is 2.33. The molecule has 0 amide bonds. The highest BCUT2D eigenvalue weighted by molar-refractivity contribution is 7.05. The zero-order valence-corrected chi connectivity index (χ0v) is 12.7. The van der Waals surface area contributed by atoms with Crippen molar-refractivity contribution in [1.29, 1.82) is 0 Å². The minimum absolute atomic E-state index is 0.540. The number of hydrogen-bond acceptors (Lipinski definition) is 3. The van der Waals surface area contributed by atoms with Crippen LogP contribution in [0, 0.1) is 6.92 Å². The summed E-state index contributed by atoms with van der Waals surface area (Å²) < 4.78 is 4.24. The van der Waals surface area contributed by atoms with Gasteiger partial charge < -0.3 is 5.11 Å². The maximum absolute atomic E-state index is 10.4. The molecule has 3 rings (SSSR count). The van der Waals surface area contributed by atoms with E-state index < -0.39 is 6.10 Å². The fraction of sp³-hybridized carbons (Fsp3) is 0.471. The van der Waals surface area contributed by atoms with Gasteiger partial charge >= 0.3 is 0 Å². The van der Waals surface area contributed by atoms with Gasteiger partial charge in [0.25, 0.3) is 0 Å². The Kier molecular flexibility index (Phi) is 4.18. The quantitative estimate of drug-likeness (QED) is 0.896. The molecule has 1 aromatic heterocycles. The molecule has 0 spiro atoms. The van der Waals surface area contributed by atoms with E-state index >= 15 is 0 Å². The molecule has 1 N–H and O–H groups in total. The van der Waals surface area contributed by atoms with E-state index in [1.165, 1.54) is 49.2 Å². The summed E-state index contributed by atoms with van der Waals surface area (Å²) in [6, 6.07) is 10.5. The molecule has 106 valence electrons. The summed E-state index contributed by atoms with van der Waals surface area (Å²) in [5.74, 6) is 0.723. The Labute approximate surface area is 124 Å². The third-order valence-corrected chi connectivity index (χ3v) is 5.18. The van der Waals surface area contributed by atoms with Crippen molar-refractivity contribution in [1.82, 2.24) is 4.37 Å². The lowest BCUT2D eigenvalue weighted by Crippen LogP contribution is -2.05. The van der Waals surface area contributed by atoms with Gasteiger partial charge in [-0.05, 0) is 54.4 Å². The molecular weight excluding hydrogens is 266 g/mol. The fourth-order valence-corrected chi connectivity index (χ4v) is 3.82. The maximum atomic E-state index is 10.4. The van der Waals surface area contributed by atoms with E-state index in [9.17, 15) is 5.11 Å². The van der Waals surface area contributed by atoms with E-state index in [0.29, 0.717) is 0 Å². The number of rotatable bonds is 3. The van der Waals surface area contributed by atoms with E-state index in [1.54, 1.807) is 0 Å². The number of aliphatic hydroxyl groups is 1. The first-order chi connectivity index (χ1) is 9.74. The van der Waals surface area contributed by atoms with Crippen LogP contribution in [-0.2, 0) is 0 Å². The average Bonchev–Trinajstić information content (AvgIpc) is 2.94. The summed E-state index contributed by atoms with van der Waals surface area (Å²) in [6.45, 7) is 1.96. The molecule has 1 heterocycles. The molecule has 2 aromatic rings. The third kappa shape index (κ3) is 2.94. The van der Waals surface area contributed by atoms with Gasteiger partial charge in [0.1, 0.15) is 6.10 Å². The summed E-state index contributed by atoms with van der Waals surface area (Å²) in [7, 11) is 0. The molecular formula is C17H21NOS. The van der Waals surface area contributed by atoms with Crippen LogP contribution >= 0.6 is 11.5 Å². The Morgan fingerprint density at radius 2 is 1.85 bits per heavy atom. The topological polar surface area (TPSA) is 33.1 Å². The van der Waals surface area contributed by atoms with Crippen LogP contribution in [0.15, 0.2) is 30.3 Å². The molecule has 20 heavy (non-hydrogen) atoms. The van der Waals surface area contributed by atoms with Gasteiger partial charge in [-0.3, -0.25) is 0 Å². The predicted octanol–water partition coefficient (Wildman–Crippen LogP) is 4.58. The van der Waals surface area contributed by atoms with Crippen molar-refractivity contribution in [2.75, 3.05) is 0 Å². The highest BCUT2D eigenvalue weighted by atomic mass is 32.1. The van der Waals surface area contributed by atoms with Crippen molar-refractivity contribution >= 4 is 11.5 Å². The second-order valence-corrected chi connectivity index (χ2v) is 6.61. The standard InChI is InChI=1S/C17H21NOS/c1-12-11-16(20-18-12)17(19)15-9-7-14(8-10-15)13-5-3-2-4-6-13/h7-11,13,17,19H,2-6H2,1H3/t17-/m0/s1. The Balaban J connectivity index is 1.75. The molecule has 1 atom stereocenters. The van der Waals surface area contributed by atoms with Crippen molar-refractivity contribution in [3.05, 3.63) is 52.0 Å². The SMILES string of the molecule is Cc1cc([C@@H](O)c2ccc(C3CCCCC3)cc2)sn1. The first kappa shape index (κ1) is 13.8. The van der Waals surface area contributed by atoms with Crippen molar-refractivity contribution in [3.63, 3.8) is 0 Å². The number of hydrogen-bond donors (Lipinski definition) is 1. The van der Waals surface area contributed by atoms with Crippen LogP contribution in [-0.4, -0.2) is 9.48 Å². The first-order valence-electron chi connectivity index (χ1n) is 7.45. The number of aliphatic hydroxyl groups excluding tert-OH is 1. The van der Waals surface area contributed by atoms with Gasteiger partial charge in [-0.1, -0.05) is 43.5 Å². The fourth-order valence-electron chi connectivity index (χ4n) is 3.06. The molecule has 1 fully saturated rings. The Bertz CT molecular complexity index is 555. The van der Waals surface area contributed by atoms with Crippen LogP contribution in [0.25, 0.3) is 0 Å². The van der Waals surface area contributed by atoms with Gasteiger partial charge in [-0.25, -0.2) is 0 Å². The largest absolute Gasteiger partial charge is 0.383 e. The normalized spacial score (nSPS) is 18.1. The Hall–Kier alpha value is -1.19. The van der Waals surface area contributed by atoms with E-state index in [2.05, 4.69) is 28.6 Å². The summed E-state index contributed by atoms with van der Waals surface area (Å²) >= 11 is 1.38. The molecule has 3 heteroatoms. The molecule has 1 aliphatic carbocycles. The van der Waals surface area contributed by atoms with Gasteiger partial charge in [0, 0.05) is 0 Å². The van der Waals surface area contributed by atoms with Gasteiger partial charge in [-0.2, -0.15) is 4.37 Å². The van der Waals surface area contributed by atoms with Crippen LogP contribution in [0.1, 0.15) is 65.8 Å². The molecule has 1 saturated carbocycles. The van der Waals surface area contributed by atoms with E-state index in [1.807, 2.05) is 13.0 Å². The van der Waals surface area contributed by atoms with Gasteiger partial charge in [-0.15, -0.1) is 0 Å². The molecule has 0 aliphatic heterocycles. The number of nitrogens with zero attached hydrogens (tertiary/aromatic N) is 1.